The quantitative estimate of drug-likeness (QED) is 0.575. The van der Waals surface area contributed by atoms with Crippen molar-refractivity contribution in [3.8, 4) is 0 Å². The molecule has 0 saturated carbocycles. The van der Waals surface area contributed by atoms with Gasteiger partial charge in [-0.25, -0.2) is 0 Å². The molecule has 3 rings (SSSR count). The lowest BCUT2D eigenvalue weighted by molar-refractivity contribution is 0.0376. The Balaban J connectivity index is 1.47. The van der Waals surface area contributed by atoms with Crippen LogP contribution in [0, 0.1) is 0 Å². The number of rotatable bonds is 7. The third-order valence-electron chi connectivity index (χ3n) is 4.28. The van der Waals surface area contributed by atoms with Gasteiger partial charge in [0.25, 0.3) is 0 Å². The molecule has 1 aromatic carbocycles. The van der Waals surface area contributed by atoms with Gasteiger partial charge in [-0.15, -0.1) is 11.3 Å². The van der Waals surface area contributed by atoms with Gasteiger partial charge in [-0.3, -0.25) is 4.90 Å². The van der Waals surface area contributed by atoms with Crippen molar-refractivity contribution in [3.63, 3.8) is 0 Å². The molecular formula is C19H25N3OS2. The first kappa shape index (κ1) is 18.3. The molecule has 1 aromatic heterocycles. The van der Waals surface area contributed by atoms with Crippen molar-refractivity contribution in [3.05, 3.63) is 58.3 Å². The van der Waals surface area contributed by atoms with E-state index < -0.39 is 0 Å². The predicted molar refractivity (Wildman–Crippen MR) is 108 cm³/mol. The number of hydrogen-bond donors (Lipinski definition) is 2. The Hall–Kier alpha value is -1.47. The lowest BCUT2D eigenvalue weighted by atomic mass is 10.1. The Morgan fingerprint density at radius 2 is 1.96 bits per heavy atom. The van der Waals surface area contributed by atoms with Crippen LogP contribution in [0.25, 0.3) is 0 Å². The number of hydrogen-bond acceptors (Lipinski definition) is 4. The minimum Gasteiger partial charge on any atom is -0.379 e. The minimum absolute atomic E-state index is 0.0976. The first-order valence-corrected chi connectivity index (χ1v) is 10.0. The Bertz CT molecular complexity index is 627. The Morgan fingerprint density at radius 3 is 2.68 bits per heavy atom. The normalized spacial score (nSPS) is 16.3. The maximum Gasteiger partial charge on any atom is 0.167 e. The zero-order valence-electron chi connectivity index (χ0n) is 14.3. The first-order chi connectivity index (χ1) is 12.3. The van der Waals surface area contributed by atoms with E-state index in [1.807, 2.05) is 6.07 Å². The minimum atomic E-state index is 0.0976. The summed E-state index contributed by atoms with van der Waals surface area (Å²) in [4.78, 5) is 3.71. The fourth-order valence-corrected chi connectivity index (χ4v) is 3.95. The van der Waals surface area contributed by atoms with Crippen molar-refractivity contribution in [2.24, 2.45) is 0 Å². The topological polar surface area (TPSA) is 36.5 Å². The van der Waals surface area contributed by atoms with E-state index in [1.54, 1.807) is 11.3 Å². The molecular weight excluding hydrogens is 350 g/mol. The summed E-state index contributed by atoms with van der Waals surface area (Å²) in [5.41, 5.74) is 1.22. The van der Waals surface area contributed by atoms with Crippen LogP contribution >= 0.6 is 23.6 Å². The average molecular weight is 376 g/mol. The van der Waals surface area contributed by atoms with E-state index in [-0.39, 0.29) is 6.04 Å². The van der Waals surface area contributed by atoms with Crippen LogP contribution < -0.4 is 10.6 Å². The van der Waals surface area contributed by atoms with Crippen molar-refractivity contribution in [1.29, 1.82) is 0 Å². The summed E-state index contributed by atoms with van der Waals surface area (Å²) in [6.45, 7) is 5.76. The van der Waals surface area contributed by atoms with Crippen LogP contribution in [0.15, 0.2) is 47.8 Å². The summed E-state index contributed by atoms with van der Waals surface area (Å²) in [6.07, 6.45) is 1.08. The van der Waals surface area contributed by atoms with Gasteiger partial charge in [-0.05, 0) is 42.2 Å². The molecule has 0 radical (unpaired) electrons. The molecule has 1 aliphatic heterocycles. The molecule has 1 fully saturated rings. The molecule has 0 amide bonds. The molecule has 0 aliphatic carbocycles. The second-order valence-corrected chi connectivity index (χ2v) is 7.45. The molecule has 1 saturated heterocycles. The summed E-state index contributed by atoms with van der Waals surface area (Å²) in [6, 6.07) is 14.8. The Morgan fingerprint density at radius 1 is 1.16 bits per heavy atom. The number of thiocarbonyl (C=S) groups is 1. The van der Waals surface area contributed by atoms with Crippen molar-refractivity contribution >= 4 is 28.7 Å². The Kier molecular flexibility index (Phi) is 7.23. The van der Waals surface area contributed by atoms with Crippen molar-refractivity contribution in [1.82, 2.24) is 15.5 Å². The van der Waals surface area contributed by atoms with Crippen LogP contribution in [0.1, 0.15) is 22.9 Å². The van der Waals surface area contributed by atoms with Gasteiger partial charge in [0, 0.05) is 24.5 Å². The average Bonchev–Trinajstić information content (AvgIpc) is 3.19. The maximum atomic E-state index is 5.52. The molecule has 1 aliphatic rings. The van der Waals surface area contributed by atoms with E-state index in [0.717, 1.165) is 45.8 Å². The number of thiophene rings is 1. The van der Waals surface area contributed by atoms with Gasteiger partial charge >= 0.3 is 0 Å². The maximum absolute atomic E-state index is 5.52. The van der Waals surface area contributed by atoms with Gasteiger partial charge in [0.15, 0.2) is 5.11 Å². The molecule has 4 nitrogen and oxygen atoms in total. The van der Waals surface area contributed by atoms with Crippen molar-refractivity contribution in [2.45, 2.75) is 12.5 Å². The highest BCUT2D eigenvalue weighted by Gasteiger charge is 2.16. The van der Waals surface area contributed by atoms with Crippen LogP contribution in [0.5, 0.6) is 0 Å². The van der Waals surface area contributed by atoms with Gasteiger partial charge in [-0.2, -0.15) is 0 Å². The van der Waals surface area contributed by atoms with Gasteiger partial charge in [-0.1, -0.05) is 36.4 Å². The molecule has 2 N–H and O–H groups in total. The molecule has 2 aromatic rings. The van der Waals surface area contributed by atoms with Crippen molar-refractivity contribution in [2.75, 3.05) is 39.4 Å². The standard InChI is InChI=1S/C19H25N3OS2/c24-19(20-9-5-10-22-11-13-23-14-12-22)21-18(17-8-4-15-25-17)16-6-2-1-3-7-16/h1-4,6-8,15,18H,5,9-14H2,(H2,20,21,24)/t18-/m1/s1. The molecule has 1 atom stereocenters. The highest BCUT2D eigenvalue weighted by atomic mass is 32.1. The fraction of sp³-hybridized carbons (Fsp3) is 0.421. The zero-order chi connectivity index (χ0) is 17.3. The third kappa shape index (κ3) is 5.78. The first-order valence-electron chi connectivity index (χ1n) is 8.76. The van der Waals surface area contributed by atoms with Crippen LogP contribution in [0.3, 0.4) is 0 Å². The van der Waals surface area contributed by atoms with E-state index in [1.165, 1.54) is 10.4 Å². The summed E-state index contributed by atoms with van der Waals surface area (Å²) >= 11 is 7.27. The number of ether oxygens (including phenoxy) is 1. The highest BCUT2D eigenvalue weighted by Crippen LogP contribution is 2.25. The molecule has 134 valence electrons. The predicted octanol–water partition coefficient (Wildman–Crippen LogP) is 3.02. The smallest absolute Gasteiger partial charge is 0.167 e. The summed E-state index contributed by atoms with van der Waals surface area (Å²) in [5, 5.41) is 9.64. The highest BCUT2D eigenvalue weighted by molar-refractivity contribution is 7.80. The lowest BCUT2D eigenvalue weighted by Crippen LogP contribution is -2.40. The molecule has 0 bridgehead atoms. The summed E-state index contributed by atoms with van der Waals surface area (Å²) < 4.78 is 5.38. The van der Waals surface area contributed by atoms with E-state index in [2.05, 4.69) is 57.3 Å². The number of nitrogens with one attached hydrogen (secondary N) is 2. The van der Waals surface area contributed by atoms with E-state index >= 15 is 0 Å². The van der Waals surface area contributed by atoms with Gasteiger partial charge < -0.3 is 15.4 Å². The number of nitrogens with zero attached hydrogens (tertiary/aromatic N) is 1. The molecule has 2 heterocycles. The second-order valence-electron chi connectivity index (χ2n) is 6.07. The lowest BCUT2D eigenvalue weighted by Gasteiger charge is -2.26. The van der Waals surface area contributed by atoms with Crippen molar-refractivity contribution < 1.29 is 4.74 Å². The molecule has 0 unspecified atom stereocenters. The molecule has 25 heavy (non-hydrogen) atoms. The third-order valence-corrected chi connectivity index (χ3v) is 5.48. The summed E-state index contributed by atoms with van der Waals surface area (Å²) in [7, 11) is 0. The molecule has 0 spiro atoms. The largest absolute Gasteiger partial charge is 0.379 e. The monoisotopic (exact) mass is 375 g/mol. The molecule has 6 heteroatoms. The van der Waals surface area contributed by atoms with Crippen LogP contribution in [0.4, 0.5) is 0 Å². The van der Waals surface area contributed by atoms with Gasteiger partial charge in [0.2, 0.25) is 0 Å². The SMILES string of the molecule is S=C(NCCCN1CCOCC1)N[C@H](c1ccccc1)c1cccs1. The summed E-state index contributed by atoms with van der Waals surface area (Å²) in [5.74, 6) is 0. The van der Waals surface area contributed by atoms with Crippen LogP contribution in [-0.2, 0) is 4.74 Å². The van der Waals surface area contributed by atoms with E-state index in [9.17, 15) is 0 Å². The number of morpholine rings is 1. The van der Waals surface area contributed by atoms with E-state index in [0.29, 0.717) is 5.11 Å². The van der Waals surface area contributed by atoms with Crippen LogP contribution in [-0.4, -0.2) is 49.4 Å². The Labute approximate surface area is 159 Å². The zero-order valence-corrected chi connectivity index (χ0v) is 16.0. The second kappa shape index (κ2) is 9.87. The van der Waals surface area contributed by atoms with Crippen LogP contribution in [0.2, 0.25) is 0 Å². The van der Waals surface area contributed by atoms with E-state index in [4.69, 9.17) is 17.0 Å². The van der Waals surface area contributed by atoms with Gasteiger partial charge in [0.1, 0.15) is 0 Å². The number of benzene rings is 1. The fourth-order valence-electron chi connectivity index (χ4n) is 2.93. The van der Waals surface area contributed by atoms with Gasteiger partial charge in [0.05, 0.1) is 19.3 Å².